The number of nitrogens with one attached hydrogen (secondary N) is 1. The normalized spacial score (nSPS) is 13.1. The number of hydrogen-bond donors (Lipinski definition) is 2. The molecule has 1 aromatic heterocycles. The van der Waals surface area contributed by atoms with Crippen molar-refractivity contribution in [2.45, 2.75) is 20.4 Å². The molecule has 0 atom stereocenters. The molecule has 0 aliphatic carbocycles. The lowest BCUT2D eigenvalue weighted by atomic mass is 9.97. The molecule has 0 fully saturated rings. The van der Waals surface area contributed by atoms with Crippen LogP contribution in [-0.2, 0) is 6.54 Å². The first-order chi connectivity index (χ1) is 14.3. The molecule has 2 amide bonds. The van der Waals surface area contributed by atoms with E-state index >= 15 is 0 Å². The van der Waals surface area contributed by atoms with Crippen LogP contribution in [-0.4, -0.2) is 27.1 Å². The zero-order chi connectivity index (χ0) is 21.6. The number of fused-ring (bicyclic) bond motifs is 1. The third-order valence-electron chi connectivity index (χ3n) is 4.83. The number of benzene rings is 2. The van der Waals surface area contributed by atoms with Crippen molar-refractivity contribution in [3.05, 3.63) is 70.5 Å². The van der Waals surface area contributed by atoms with E-state index in [0.717, 1.165) is 22.6 Å². The van der Waals surface area contributed by atoms with Gasteiger partial charge in [0.1, 0.15) is 23.1 Å². The van der Waals surface area contributed by atoms with Gasteiger partial charge in [0, 0.05) is 11.1 Å². The van der Waals surface area contributed by atoms with E-state index in [0.29, 0.717) is 16.8 Å². The second-order valence-electron chi connectivity index (χ2n) is 6.82. The Bertz CT molecular complexity index is 1190. The molecule has 2 N–H and O–H groups in total. The number of anilines is 2. The maximum Gasteiger partial charge on any atom is 0.335 e. The second-order valence-corrected chi connectivity index (χ2v) is 6.82. The van der Waals surface area contributed by atoms with Gasteiger partial charge in [-0.1, -0.05) is 12.1 Å². The molecule has 152 valence electrons. The molecule has 7 nitrogen and oxygen atoms in total. The molecule has 0 unspecified atom stereocenters. The molecule has 3 aromatic rings. The summed E-state index contributed by atoms with van der Waals surface area (Å²) in [6.45, 7) is 3.40. The van der Waals surface area contributed by atoms with Gasteiger partial charge >= 0.3 is 12.0 Å². The van der Waals surface area contributed by atoms with Crippen LogP contribution in [0.1, 0.15) is 27.3 Å². The Morgan fingerprint density at radius 3 is 2.50 bits per heavy atom. The van der Waals surface area contributed by atoms with Crippen LogP contribution in [0.3, 0.4) is 0 Å². The standard InChI is InChI=1S/C21H16F2N4O3/c1-10-6-7-12(20(28)29)8-13(10)17-14-9-24-21(30)27(19(14)26-11(2)25-17)18-15(22)4-3-5-16(18)23/h3-8H,9H2,1-2H3,(H,24,30)(H,28,29). The number of halogens is 2. The van der Waals surface area contributed by atoms with Crippen molar-refractivity contribution in [1.29, 1.82) is 0 Å². The van der Waals surface area contributed by atoms with Gasteiger partial charge in [-0.25, -0.2) is 33.2 Å². The van der Waals surface area contributed by atoms with E-state index in [9.17, 15) is 23.5 Å². The molecular formula is C21H16F2N4O3. The van der Waals surface area contributed by atoms with Crippen molar-refractivity contribution in [1.82, 2.24) is 15.3 Å². The first kappa shape index (κ1) is 19.4. The number of amides is 2. The van der Waals surface area contributed by atoms with Gasteiger partial charge < -0.3 is 10.4 Å². The number of carboxylic acid groups (broad SMARTS) is 1. The summed E-state index contributed by atoms with van der Waals surface area (Å²) in [5, 5.41) is 11.9. The van der Waals surface area contributed by atoms with Crippen LogP contribution >= 0.6 is 0 Å². The van der Waals surface area contributed by atoms with Crippen LogP contribution in [0.5, 0.6) is 0 Å². The van der Waals surface area contributed by atoms with Crippen LogP contribution in [0.4, 0.5) is 25.1 Å². The topological polar surface area (TPSA) is 95.4 Å². The molecule has 2 heterocycles. The summed E-state index contributed by atoms with van der Waals surface area (Å²) in [4.78, 5) is 33.6. The summed E-state index contributed by atoms with van der Waals surface area (Å²) in [5.41, 5.74) is 1.62. The zero-order valence-electron chi connectivity index (χ0n) is 16.0. The number of rotatable bonds is 3. The molecule has 0 spiro atoms. The van der Waals surface area contributed by atoms with Crippen LogP contribution < -0.4 is 10.2 Å². The summed E-state index contributed by atoms with van der Waals surface area (Å²) in [5.74, 6) is -2.62. The quantitative estimate of drug-likeness (QED) is 0.678. The molecule has 9 heteroatoms. The fraction of sp³-hybridized carbons (Fsp3) is 0.143. The van der Waals surface area contributed by atoms with Gasteiger partial charge in [0.2, 0.25) is 0 Å². The number of carboxylic acids is 1. The number of aromatic carboxylic acids is 1. The number of aryl methyl sites for hydroxylation is 2. The highest BCUT2D eigenvalue weighted by molar-refractivity contribution is 6.02. The fourth-order valence-corrected chi connectivity index (χ4v) is 3.41. The van der Waals surface area contributed by atoms with Gasteiger partial charge in [-0.05, 0) is 43.7 Å². The second kappa shape index (κ2) is 7.18. The number of carbonyl (C=O) groups excluding carboxylic acids is 1. The lowest BCUT2D eigenvalue weighted by Gasteiger charge is -2.30. The van der Waals surface area contributed by atoms with E-state index in [1.807, 2.05) is 0 Å². The largest absolute Gasteiger partial charge is 0.478 e. The molecule has 0 radical (unpaired) electrons. The number of para-hydroxylation sites is 1. The Hall–Kier alpha value is -3.88. The minimum absolute atomic E-state index is 0.0209. The van der Waals surface area contributed by atoms with Crippen molar-refractivity contribution in [3.8, 4) is 11.3 Å². The molecule has 1 aliphatic heterocycles. The Labute approximate surface area is 170 Å². The van der Waals surface area contributed by atoms with Crippen molar-refractivity contribution in [2.75, 3.05) is 4.90 Å². The average molecular weight is 410 g/mol. The molecular weight excluding hydrogens is 394 g/mol. The maximum atomic E-state index is 14.5. The number of aromatic nitrogens is 2. The van der Waals surface area contributed by atoms with Crippen molar-refractivity contribution >= 4 is 23.5 Å². The average Bonchev–Trinajstić information content (AvgIpc) is 2.69. The number of hydrogen-bond acceptors (Lipinski definition) is 4. The van der Waals surface area contributed by atoms with Crippen LogP contribution in [0.15, 0.2) is 36.4 Å². The van der Waals surface area contributed by atoms with Crippen LogP contribution in [0.25, 0.3) is 11.3 Å². The Morgan fingerprint density at radius 1 is 1.13 bits per heavy atom. The molecule has 0 saturated carbocycles. The van der Waals surface area contributed by atoms with E-state index in [1.54, 1.807) is 19.9 Å². The molecule has 2 aromatic carbocycles. The lowest BCUT2D eigenvalue weighted by Crippen LogP contribution is -2.43. The van der Waals surface area contributed by atoms with E-state index in [-0.39, 0.29) is 23.8 Å². The molecule has 0 bridgehead atoms. The Morgan fingerprint density at radius 2 is 1.83 bits per heavy atom. The first-order valence-electron chi connectivity index (χ1n) is 9.01. The van der Waals surface area contributed by atoms with Gasteiger partial charge in [0.05, 0.1) is 17.8 Å². The predicted octanol–water partition coefficient (Wildman–Crippen LogP) is 4.10. The van der Waals surface area contributed by atoms with Gasteiger partial charge in [-0.3, -0.25) is 0 Å². The first-order valence-corrected chi connectivity index (χ1v) is 9.01. The van der Waals surface area contributed by atoms with Crippen molar-refractivity contribution in [2.24, 2.45) is 0 Å². The summed E-state index contributed by atoms with van der Waals surface area (Å²) in [6, 6.07) is 7.18. The van der Waals surface area contributed by atoms with Crippen molar-refractivity contribution < 1.29 is 23.5 Å². The number of urea groups is 1. The smallest absolute Gasteiger partial charge is 0.335 e. The predicted molar refractivity (Wildman–Crippen MR) is 105 cm³/mol. The van der Waals surface area contributed by atoms with Crippen LogP contribution in [0.2, 0.25) is 0 Å². The van der Waals surface area contributed by atoms with Crippen LogP contribution in [0, 0.1) is 25.5 Å². The minimum atomic E-state index is -1.10. The Kier molecular flexibility index (Phi) is 4.65. The monoisotopic (exact) mass is 410 g/mol. The van der Waals surface area contributed by atoms with Gasteiger partial charge in [0.15, 0.2) is 5.82 Å². The SMILES string of the molecule is Cc1nc(-c2cc(C(=O)O)ccc2C)c2c(n1)N(c1c(F)cccc1F)C(=O)NC2. The van der Waals surface area contributed by atoms with Gasteiger partial charge in [-0.15, -0.1) is 0 Å². The number of nitrogens with zero attached hydrogens (tertiary/aromatic N) is 3. The highest BCUT2D eigenvalue weighted by Gasteiger charge is 2.33. The third-order valence-corrected chi connectivity index (χ3v) is 4.83. The molecule has 1 aliphatic rings. The fourth-order valence-electron chi connectivity index (χ4n) is 3.41. The van der Waals surface area contributed by atoms with E-state index in [1.165, 1.54) is 18.2 Å². The lowest BCUT2D eigenvalue weighted by molar-refractivity contribution is 0.0697. The van der Waals surface area contributed by atoms with E-state index in [2.05, 4.69) is 15.3 Å². The molecule has 30 heavy (non-hydrogen) atoms. The molecule has 4 rings (SSSR count). The Balaban J connectivity index is 1.99. The summed E-state index contributed by atoms with van der Waals surface area (Å²) < 4.78 is 28.9. The maximum absolute atomic E-state index is 14.5. The highest BCUT2D eigenvalue weighted by atomic mass is 19.1. The highest BCUT2D eigenvalue weighted by Crippen LogP contribution is 2.38. The van der Waals surface area contributed by atoms with Gasteiger partial charge in [-0.2, -0.15) is 0 Å². The van der Waals surface area contributed by atoms with Gasteiger partial charge in [0.25, 0.3) is 0 Å². The van der Waals surface area contributed by atoms with E-state index in [4.69, 9.17) is 0 Å². The van der Waals surface area contributed by atoms with E-state index < -0.39 is 29.3 Å². The number of carbonyl (C=O) groups is 2. The summed E-state index contributed by atoms with van der Waals surface area (Å²) in [6.07, 6.45) is 0. The zero-order valence-corrected chi connectivity index (χ0v) is 16.0. The summed E-state index contributed by atoms with van der Waals surface area (Å²) in [7, 11) is 0. The summed E-state index contributed by atoms with van der Waals surface area (Å²) >= 11 is 0. The van der Waals surface area contributed by atoms with Crippen molar-refractivity contribution in [3.63, 3.8) is 0 Å². The minimum Gasteiger partial charge on any atom is -0.478 e. The molecule has 0 saturated heterocycles. The third kappa shape index (κ3) is 3.14.